The molecule has 0 aliphatic heterocycles. The number of hydrogen-bond donors (Lipinski definition) is 1. The molecule has 1 rings (SSSR count). The van der Waals surface area contributed by atoms with Crippen LogP contribution in [0.3, 0.4) is 0 Å². The molecule has 15 heavy (non-hydrogen) atoms. The van der Waals surface area contributed by atoms with Gasteiger partial charge in [0.25, 0.3) is 5.91 Å². The van der Waals surface area contributed by atoms with Crippen molar-refractivity contribution in [2.75, 3.05) is 11.5 Å². The van der Waals surface area contributed by atoms with E-state index >= 15 is 0 Å². The van der Waals surface area contributed by atoms with E-state index in [0.29, 0.717) is 10.7 Å². The zero-order valence-corrected chi connectivity index (χ0v) is 9.53. The average Bonchev–Trinajstić information content (AvgIpc) is 2.20. The Morgan fingerprint density at radius 3 is 2.53 bits per heavy atom. The molecule has 0 aliphatic carbocycles. The summed E-state index contributed by atoms with van der Waals surface area (Å²) in [6.45, 7) is 3.23. The fourth-order valence-electron chi connectivity index (χ4n) is 1.42. The molecule has 1 aromatic rings. The summed E-state index contributed by atoms with van der Waals surface area (Å²) in [5.74, 6) is -0.349. The first kappa shape index (κ1) is 12.0. The zero-order valence-electron chi connectivity index (χ0n) is 8.77. The molecule has 0 aromatic heterocycles. The quantitative estimate of drug-likeness (QED) is 0.859. The van der Waals surface area contributed by atoms with Crippen molar-refractivity contribution in [3.8, 4) is 0 Å². The fourth-order valence-corrected chi connectivity index (χ4v) is 1.65. The van der Waals surface area contributed by atoms with Crippen molar-refractivity contribution in [3.05, 3.63) is 29.3 Å². The second-order valence-corrected chi connectivity index (χ2v) is 3.87. The van der Waals surface area contributed by atoms with Crippen molar-refractivity contribution in [3.63, 3.8) is 0 Å². The summed E-state index contributed by atoms with van der Waals surface area (Å²) in [5.41, 5.74) is 0.633. The number of aliphatic hydroxyl groups is 1. The van der Waals surface area contributed by atoms with Crippen LogP contribution in [-0.4, -0.2) is 23.7 Å². The molecule has 0 spiro atoms. The Kier molecular flexibility index (Phi) is 4.12. The van der Waals surface area contributed by atoms with Crippen molar-refractivity contribution in [2.45, 2.75) is 19.9 Å². The molecule has 0 atom stereocenters. The first-order valence-corrected chi connectivity index (χ1v) is 5.13. The van der Waals surface area contributed by atoms with Gasteiger partial charge >= 0.3 is 0 Å². The van der Waals surface area contributed by atoms with Gasteiger partial charge in [0.15, 0.2) is 0 Å². The highest BCUT2D eigenvalue weighted by atomic mass is 35.5. The monoisotopic (exact) mass is 227 g/mol. The molecule has 0 fully saturated rings. The van der Waals surface area contributed by atoms with Gasteiger partial charge in [-0.2, -0.15) is 0 Å². The maximum Gasteiger partial charge on any atom is 0.252 e. The van der Waals surface area contributed by atoms with Gasteiger partial charge in [0.2, 0.25) is 0 Å². The summed E-state index contributed by atoms with van der Waals surface area (Å²) in [5, 5.41) is 9.38. The van der Waals surface area contributed by atoms with Gasteiger partial charge < -0.3 is 10.0 Å². The summed E-state index contributed by atoms with van der Waals surface area (Å²) >= 11 is 5.99. The van der Waals surface area contributed by atoms with E-state index in [0.717, 1.165) is 0 Å². The highest BCUT2D eigenvalue weighted by molar-refractivity contribution is 6.33. The lowest BCUT2D eigenvalue weighted by Gasteiger charge is -2.26. The van der Waals surface area contributed by atoms with E-state index in [1.165, 1.54) is 4.90 Å². The third-order valence-corrected chi connectivity index (χ3v) is 2.35. The molecule has 1 amide bonds. The standard InChI is InChI=1S/C11H14ClNO2/c1-8(2)13(11(15)7-14)10-6-4-3-5-9(10)12/h3-6,8,14H,7H2,1-2H3. The van der Waals surface area contributed by atoms with Crippen LogP contribution in [0.1, 0.15) is 13.8 Å². The topological polar surface area (TPSA) is 40.5 Å². The Hall–Kier alpha value is -1.06. The van der Waals surface area contributed by atoms with Gasteiger partial charge in [-0.05, 0) is 26.0 Å². The smallest absolute Gasteiger partial charge is 0.252 e. The number of rotatable bonds is 3. The van der Waals surface area contributed by atoms with Crippen LogP contribution < -0.4 is 4.90 Å². The molecule has 4 heteroatoms. The second-order valence-electron chi connectivity index (χ2n) is 3.47. The minimum Gasteiger partial charge on any atom is -0.387 e. The fraction of sp³-hybridized carbons (Fsp3) is 0.364. The van der Waals surface area contributed by atoms with E-state index in [9.17, 15) is 4.79 Å². The van der Waals surface area contributed by atoms with Gasteiger partial charge in [0.1, 0.15) is 6.61 Å². The molecule has 0 aliphatic rings. The minimum absolute atomic E-state index is 0.0375. The highest BCUT2D eigenvalue weighted by Gasteiger charge is 2.19. The lowest BCUT2D eigenvalue weighted by molar-refractivity contribution is -0.121. The molecular weight excluding hydrogens is 214 g/mol. The molecule has 0 heterocycles. The molecule has 1 N–H and O–H groups in total. The maximum absolute atomic E-state index is 11.5. The summed E-state index contributed by atoms with van der Waals surface area (Å²) in [4.78, 5) is 13.0. The Labute approximate surface area is 94.3 Å². The van der Waals surface area contributed by atoms with Crippen LogP contribution in [0.5, 0.6) is 0 Å². The van der Waals surface area contributed by atoms with Crippen molar-refractivity contribution in [1.82, 2.24) is 0 Å². The minimum atomic E-state index is -0.511. The second kappa shape index (κ2) is 5.14. The largest absolute Gasteiger partial charge is 0.387 e. The highest BCUT2D eigenvalue weighted by Crippen LogP contribution is 2.26. The average molecular weight is 228 g/mol. The lowest BCUT2D eigenvalue weighted by Crippen LogP contribution is -2.39. The van der Waals surface area contributed by atoms with E-state index in [2.05, 4.69) is 0 Å². The Bertz CT molecular complexity index is 352. The molecule has 82 valence electrons. The predicted molar refractivity (Wildman–Crippen MR) is 61.2 cm³/mol. The third kappa shape index (κ3) is 2.70. The van der Waals surface area contributed by atoms with E-state index in [1.807, 2.05) is 13.8 Å². The van der Waals surface area contributed by atoms with Gasteiger partial charge in [0, 0.05) is 6.04 Å². The molecule has 0 unspecified atom stereocenters. The molecule has 0 bridgehead atoms. The lowest BCUT2D eigenvalue weighted by atomic mass is 10.2. The zero-order chi connectivity index (χ0) is 11.4. The van der Waals surface area contributed by atoms with Gasteiger partial charge in [-0.1, -0.05) is 23.7 Å². The number of benzene rings is 1. The maximum atomic E-state index is 11.5. The predicted octanol–water partition coefficient (Wildman–Crippen LogP) is 2.07. The summed E-state index contributed by atoms with van der Waals surface area (Å²) < 4.78 is 0. The molecular formula is C11H14ClNO2. The number of nitrogens with zero attached hydrogens (tertiary/aromatic N) is 1. The third-order valence-electron chi connectivity index (χ3n) is 2.03. The SMILES string of the molecule is CC(C)N(C(=O)CO)c1ccccc1Cl. The summed E-state index contributed by atoms with van der Waals surface area (Å²) in [6, 6.07) is 7.05. The Balaban J connectivity index is 3.10. The van der Waals surface area contributed by atoms with Crippen molar-refractivity contribution in [2.24, 2.45) is 0 Å². The normalized spacial score (nSPS) is 10.5. The van der Waals surface area contributed by atoms with E-state index in [-0.39, 0.29) is 11.9 Å². The number of para-hydroxylation sites is 1. The van der Waals surface area contributed by atoms with Gasteiger partial charge in [-0.25, -0.2) is 0 Å². The number of hydrogen-bond acceptors (Lipinski definition) is 2. The van der Waals surface area contributed by atoms with Crippen LogP contribution in [0, 0.1) is 0 Å². The van der Waals surface area contributed by atoms with Gasteiger partial charge in [-0.15, -0.1) is 0 Å². The summed E-state index contributed by atoms with van der Waals surface area (Å²) in [7, 11) is 0. The van der Waals surface area contributed by atoms with E-state index in [1.54, 1.807) is 24.3 Å². The van der Waals surface area contributed by atoms with Gasteiger partial charge in [-0.3, -0.25) is 4.79 Å². The molecule has 1 aromatic carbocycles. The van der Waals surface area contributed by atoms with Crippen LogP contribution in [0.15, 0.2) is 24.3 Å². The van der Waals surface area contributed by atoms with Crippen LogP contribution >= 0.6 is 11.6 Å². The molecule has 0 saturated carbocycles. The van der Waals surface area contributed by atoms with E-state index < -0.39 is 6.61 Å². The van der Waals surface area contributed by atoms with E-state index in [4.69, 9.17) is 16.7 Å². The Morgan fingerprint density at radius 2 is 2.07 bits per heavy atom. The van der Waals surface area contributed by atoms with Crippen molar-refractivity contribution in [1.29, 1.82) is 0 Å². The van der Waals surface area contributed by atoms with Crippen molar-refractivity contribution < 1.29 is 9.90 Å². The first-order chi connectivity index (χ1) is 7.07. The van der Waals surface area contributed by atoms with Crippen LogP contribution in [0.2, 0.25) is 5.02 Å². The molecule has 3 nitrogen and oxygen atoms in total. The van der Waals surface area contributed by atoms with Crippen LogP contribution in [0.4, 0.5) is 5.69 Å². The number of aliphatic hydroxyl groups excluding tert-OH is 1. The molecule has 0 saturated heterocycles. The number of carbonyl (C=O) groups excluding carboxylic acids is 1. The number of anilines is 1. The Morgan fingerprint density at radius 1 is 1.47 bits per heavy atom. The summed E-state index contributed by atoms with van der Waals surface area (Å²) in [6.07, 6.45) is 0. The van der Waals surface area contributed by atoms with Crippen LogP contribution in [0.25, 0.3) is 0 Å². The van der Waals surface area contributed by atoms with Crippen LogP contribution in [-0.2, 0) is 4.79 Å². The van der Waals surface area contributed by atoms with Crippen molar-refractivity contribution >= 4 is 23.2 Å². The van der Waals surface area contributed by atoms with Gasteiger partial charge in [0.05, 0.1) is 10.7 Å². The first-order valence-electron chi connectivity index (χ1n) is 4.75. The molecule has 0 radical (unpaired) electrons. The number of halogens is 1. The number of amides is 1. The number of carbonyl (C=O) groups is 1.